The van der Waals surface area contributed by atoms with Gasteiger partial charge in [-0.2, -0.15) is 10.4 Å². The Hall–Kier alpha value is -1.67. The van der Waals surface area contributed by atoms with Crippen LogP contribution in [0.2, 0.25) is 0 Å². The molecule has 100 valence electrons. The van der Waals surface area contributed by atoms with Gasteiger partial charge in [0.2, 0.25) is 0 Å². The number of aromatic nitrogens is 2. The Morgan fingerprint density at radius 3 is 2.74 bits per heavy atom. The molecule has 0 amide bonds. The molecule has 1 aliphatic heterocycles. The van der Waals surface area contributed by atoms with Crippen LogP contribution in [0.4, 0.5) is 5.82 Å². The molecule has 0 radical (unpaired) electrons. The van der Waals surface area contributed by atoms with Gasteiger partial charge < -0.3 is 10.6 Å². The van der Waals surface area contributed by atoms with Gasteiger partial charge in [-0.15, -0.1) is 5.10 Å². The first-order valence-corrected chi connectivity index (χ1v) is 6.86. The van der Waals surface area contributed by atoms with Crippen molar-refractivity contribution in [1.82, 2.24) is 10.2 Å². The van der Waals surface area contributed by atoms with Crippen LogP contribution in [0.15, 0.2) is 0 Å². The molecule has 0 aromatic carbocycles. The molecule has 0 spiro atoms. The van der Waals surface area contributed by atoms with Gasteiger partial charge in [0.25, 0.3) is 0 Å². The van der Waals surface area contributed by atoms with Gasteiger partial charge >= 0.3 is 0 Å². The van der Waals surface area contributed by atoms with E-state index in [1.165, 1.54) is 6.42 Å². The van der Waals surface area contributed by atoms with Gasteiger partial charge in [-0.25, -0.2) is 0 Å². The second-order valence-electron chi connectivity index (χ2n) is 5.79. The minimum absolute atomic E-state index is 0.306. The summed E-state index contributed by atoms with van der Waals surface area (Å²) in [7, 11) is 0. The first kappa shape index (κ1) is 12.4. The molecule has 1 aromatic heterocycles. The summed E-state index contributed by atoms with van der Waals surface area (Å²) >= 11 is 0. The average Bonchev–Trinajstić information content (AvgIpc) is 2.95. The van der Waals surface area contributed by atoms with Gasteiger partial charge in [-0.1, -0.05) is 0 Å². The largest absolute Gasteiger partial charge is 0.353 e. The fourth-order valence-electron chi connectivity index (χ4n) is 3.43. The Balaban J connectivity index is 1.93. The van der Waals surface area contributed by atoms with Crippen molar-refractivity contribution in [3.63, 3.8) is 0 Å². The molecule has 2 N–H and O–H groups in total. The number of nitriles is 1. The molecule has 1 aliphatic carbocycles. The number of fused-ring (bicyclic) bond motifs is 1. The van der Waals surface area contributed by atoms with E-state index >= 15 is 0 Å². The molecule has 5 nitrogen and oxygen atoms in total. The van der Waals surface area contributed by atoms with E-state index in [1.807, 2.05) is 13.8 Å². The third kappa shape index (κ3) is 1.87. The lowest BCUT2D eigenvalue weighted by molar-refractivity contribution is 0.453. The van der Waals surface area contributed by atoms with Gasteiger partial charge in [0.15, 0.2) is 5.82 Å². The smallest absolute Gasteiger partial charge is 0.169 e. The molecule has 5 heteroatoms. The standard InChI is InChI=1S/C14H19N5/c1-8-9(2)17-18-14(11(8)5-15)19-6-10-3-4-13(16)12(10)7-19/h10,12-13H,3-4,6-7,16H2,1-2H3. The van der Waals surface area contributed by atoms with Crippen LogP contribution >= 0.6 is 0 Å². The molecule has 19 heavy (non-hydrogen) atoms. The summed E-state index contributed by atoms with van der Waals surface area (Å²) in [5.74, 6) is 1.95. The first-order valence-electron chi connectivity index (χ1n) is 6.86. The number of anilines is 1. The van der Waals surface area contributed by atoms with Crippen LogP contribution in [0.3, 0.4) is 0 Å². The topological polar surface area (TPSA) is 78.8 Å². The van der Waals surface area contributed by atoms with Gasteiger partial charge in [0.1, 0.15) is 11.6 Å². The lowest BCUT2D eigenvalue weighted by Crippen LogP contribution is -2.31. The molecular formula is C14H19N5. The van der Waals surface area contributed by atoms with Crippen LogP contribution in [0.1, 0.15) is 29.7 Å². The minimum Gasteiger partial charge on any atom is -0.353 e. The molecule has 3 atom stereocenters. The van der Waals surface area contributed by atoms with E-state index in [9.17, 15) is 5.26 Å². The van der Waals surface area contributed by atoms with Gasteiger partial charge in [-0.05, 0) is 44.1 Å². The molecular weight excluding hydrogens is 238 g/mol. The molecule has 2 heterocycles. The highest BCUT2D eigenvalue weighted by Crippen LogP contribution is 2.39. The Bertz CT molecular complexity index is 548. The van der Waals surface area contributed by atoms with Gasteiger partial charge in [0.05, 0.1) is 5.69 Å². The van der Waals surface area contributed by atoms with Crippen molar-refractivity contribution < 1.29 is 0 Å². The average molecular weight is 257 g/mol. The lowest BCUT2D eigenvalue weighted by Gasteiger charge is -2.21. The molecule has 1 saturated carbocycles. The van der Waals surface area contributed by atoms with Crippen LogP contribution in [0, 0.1) is 37.0 Å². The number of hydrogen-bond donors (Lipinski definition) is 1. The van der Waals surface area contributed by atoms with Crippen molar-refractivity contribution in [3.05, 3.63) is 16.8 Å². The predicted octanol–water partition coefficient (Wildman–Crippen LogP) is 1.14. The molecule has 3 unspecified atom stereocenters. The fraction of sp³-hybridized carbons (Fsp3) is 0.643. The molecule has 1 aromatic rings. The minimum atomic E-state index is 0.306. The molecule has 2 aliphatic rings. The molecule has 2 fully saturated rings. The SMILES string of the molecule is Cc1nnc(N2CC3CCC(N)C3C2)c(C#N)c1C. The number of nitrogens with zero attached hydrogens (tertiary/aromatic N) is 4. The van der Waals surface area contributed by atoms with Crippen LogP contribution < -0.4 is 10.6 Å². The van der Waals surface area contributed by atoms with Crippen LogP contribution in [0.25, 0.3) is 0 Å². The van der Waals surface area contributed by atoms with Crippen LogP contribution in [-0.4, -0.2) is 29.3 Å². The van der Waals surface area contributed by atoms with Gasteiger partial charge in [-0.3, -0.25) is 0 Å². The fourth-order valence-corrected chi connectivity index (χ4v) is 3.43. The lowest BCUT2D eigenvalue weighted by atomic mass is 9.98. The molecule has 0 bridgehead atoms. The predicted molar refractivity (Wildman–Crippen MR) is 72.6 cm³/mol. The van der Waals surface area contributed by atoms with Crippen molar-refractivity contribution in [2.24, 2.45) is 17.6 Å². The number of hydrogen-bond acceptors (Lipinski definition) is 5. The third-order valence-electron chi connectivity index (χ3n) is 4.76. The Kier molecular flexibility index (Phi) is 2.90. The van der Waals surface area contributed by atoms with Crippen molar-refractivity contribution >= 4 is 5.82 Å². The highest BCUT2D eigenvalue weighted by atomic mass is 15.3. The summed E-state index contributed by atoms with van der Waals surface area (Å²) in [5.41, 5.74) is 8.59. The molecule has 1 saturated heterocycles. The van der Waals surface area contributed by atoms with Crippen molar-refractivity contribution in [3.8, 4) is 6.07 Å². The summed E-state index contributed by atoms with van der Waals surface area (Å²) in [4.78, 5) is 2.20. The Morgan fingerprint density at radius 1 is 1.26 bits per heavy atom. The third-order valence-corrected chi connectivity index (χ3v) is 4.76. The van der Waals surface area contributed by atoms with Crippen molar-refractivity contribution in [2.75, 3.05) is 18.0 Å². The summed E-state index contributed by atoms with van der Waals surface area (Å²) in [6, 6.07) is 2.59. The van der Waals surface area contributed by atoms with E-state index in [2.05, 4.69) is 21.2 Å². The maximum Gasteiger partial charge on any atom is 0.169 e. The van der Waals surface area contributed by atoms with E-state index in [0.29, 0.717) is 23.4 Å². The van der Waals surface area contributed by atoms with Crippen LogP contribution in [-0.2, 0) is 0 Å². The maximum absolute atomic E-state index is 9.37. The van der Waals surface area contributed by atoms with E-state index < -0.39 is 0 Å². The second-order valence-corrected chi connectivity index (χ2v) is 5.79. The van der Waals surface area contributed by atoms with Crippen LogP contribution in [0.5, 0.6) is 0 Å². The van der Waals surface area contributed by atoms with Crippen molar-refractivity contribution in [1.29, 1.82) is 5.26 Å². The zero-order valence-electron chi connectivity index (χ0n) is 11.4. The van der Waals surface area contributed by atoms with E-state index in [4.69, 9.17) is 5.73 Å². The maximum atomic E-state index is 9.37. The summed E-state index contributed by atoms with van der Waals surface area (Å²) in [5, 5.41) is 17.8. The van der Waals surface area contributed by atoms with E-state index in [0.717, 1.165) is 36.6 Å². The zero-order chi connectivity index (χ0) is 13.6. The van der Waals surface area contributed by atoms with Crippen molar-refractivity contribution in [2.45, 2.75) is 32.7 Å². The summed E-state index contributed by atoms with van der Waals surface area (Å²) < 4.78 is 0. The number of aryl methyl sites for hydroxylation is 1. The Morgan fingerprint density at radius 2 is 2.05 bits per heavy atom. The van der Waals surface area contributed by atoms with Gasteiger partial charge in [0, 0.05) is 19.1 Å². The monoisotopic (exact) mass is 257 g/mol. The first-order chi connectivity index (χ1) is 9.11. The Labute approximate surface area is 113 Å². The molecule has 3 rings (SSSR count). The zero-order valence-corrected chi connectivity index (χ0v) is 11.4. The highest BCUT2D eigenvalue weighted by molar-refractivity contribution is 5.58. The van der Waals surface area contributed by atoms with E-state index in [-0.39, 0.29) is 0 Å². The number of rotatable bonds is 1. The normalized spacial score (nSPS) is 29.4. The highest BCUT2D eigenvalue weighted by Gasteiger charge is 2.42. The quantitative estimate of drug-likeness (QED) is 0.816. The number of nitrogens with two attached hydrogens (primary N) is 1. The second kappa shape index (κ2) is 4.46. The summed E-state index contributed by atoms with van der Waals surface area (Å²) in [6.45, 7) is 5.71. The van der Waals surface area contributed by atoms with E-state index in [1.54, 1.807) is 0 Å². The summed E-state index contributed by atoms with van der Waals surface area (Å²) in [6.07, 6.45) is 2.33.